The predicted octanol–water partition coefficient (Wildman–Crippen LogP) is 1.79. The van der Waals surface area contributed by atoms with Gasteiger partial charge in [0.25, 0.3) is 5.56 Å². The van der Waals surface area contributed by atoms with Crippen molar-refractivity contribution in [3.63, 3.8) is 0 Å². The SMILES string of the molecule is O=c1[nH]c2ccccc2cc1NS(=O)(=O)C(F)(F)F. The van der Waals surface area contributed by atoms with E-state index in [2.05, 4.69) is 4.98 Å². The summed E-state index contributed by atoms with van der Waals surface area (Å²) in [6.07, 6.45) is 0. The van der Waals surface area contributed by atoms with E-state index < -0.39 is 26.8 Å². The van der Waals surface area contributed by atoms with Crippen LogP contribution in [0.3, 0.4) is 0 Å². The molecule has 0 spiro atoms. The largest absolute Gasteiger partial charge is 0.516 e. The Hall–Kier alpha value is -2.03. The minimum absolute atomic E-state index is 0.391. The number of halogens is 3. The molecular weight excluding hydrogens is 285 g/mol. The summed E-state index contributed by atoms with van der Waals surface area (Å²) in [5.41, 5.74) is -6.73. The molecule has 9 heteroatoms. The molecule has 0 saturated carbocycles. The summed E-state index contributed by atoms with van der Waals surface area (Å²) in [6.45, 7) is 0. The number of benzene rings is 1. The molecule has 5 nitrogen and oxygen atoms in total. The predicted molar refractivity (Wildman–Crippen MR) is 63.2 cm³/mol. The third-order valence-corrected chi connectivity index (χ3v) is 3.40. The van der Waals surface area contributed by atoms with Crippen LogP contribution in [0.5, 0.6) is 0 Å². The maximum Gasteiger partial charge on any atom is 0.516 e. The smallest absolute Gasteiger partial charge is 0.320 e. The molecule has 2 N–H and O–H groups in total. The summed E-state index contributed by atoms with van der Waals surface area (Å²) in [6, 6.07) is 7.33. The van der Waals surface area contributed by atoms with Crippen molar-refractivity contribution in [2.75, 3.05) is 4.72 Å². The highest BCUT2D eigenvalue weighted by Gasteiger charge is 2.46. The first-order valence-electron chi connectivity index (χ1n) is 4.92. The summed E-state index contributed by atoms with van der Waals surface area (Å²) in [5.74, 6) is 0. The molecule has 0 radical (unpaired) electrons. The van der Waals surface area contributed by atoms with E-state index in [1.807, 2.05) is 0 Å². The molecule has 2 rings (SSSR count). The van der Waals surface area contributed by atoms with E-state index in [0.29, 0.717) is 10.9 Å². The van der Waals surface area contributed by atoms with Gasteiger partial charge in [-0.3, -0.25) is 9.52 Å². The summed E-state index contributed by atoms with van der Waals surface area (Å²) in [5, 5.41) is 0.405. The van der Waals surface area contributed by atoms with E-state index >= 15 is 0 Å². The van der Waals surface area contributed by atoms with Gasteiger partial charge in [0.15, 0.2) is 0 Å². The van der Waals surface area contributed by atoms with E-state index in [1.165, 1.54) is 10.8 Å². The van der Waals surface area contributed by atoms with Gasteiger partial charge in [0.2, 0.25) is 0 Å². The minimum Gasteiger partial charge on any atom is -0.320 e. The summed E-state index contributed by atoms with van der Waals surface area (Å²) < 4.78 is 59.7. The normalized spacial score (nSPS) is 12.6. The van der Waals surface area contributed by atoms with E-state index in [-0.39, 0.29) is 0 Å². The van der Waals surface area contributed by atoms with Crippen molar-refractivity contribution in [3.8, 4) is 0 Å². The number of aromatic nitrogens is 1. The molecule has 1 heterocycles. The van der Waals surface area contributed by atoms with Crippen molar-refractivity contribution < 1.29 is 21.6 Å². The maximum absolute atomic E-state index is 12.2. The van der Waals surface area contributed by atoms with Gasteiger partial charge >= 0.3 is 15.5 Å². The van der Waals surface area contributed by atoms with Crippen molar-refractivity contribution in [2.45, 2.75) is 5.51 Å². The Morgan fingerprint density at radius 3 is 2.42 bits per heavy atom. The molecule has 0 amide bonds. The van der Waals surface area contributed by atoms with E-state index in [4.69, 9.17) is 0 Å². The summed E-state index contributed by atoms with van der Waals surface area (Å²) in [7, 11) is -5.61. The van der Waals surface area contributed by atoms with Crippen LogP contribution in [0.25, 0.3) is 10.9 Å². The molecule has 0 saturated heterocycles. The first-order valence-corrected chi connectivity index (χ1v) is 6.40. The molecule has 19 heavy (non-hydrogen) atoms. The van der Waals surface area contributed by atoms with Gasteiger partial charge in [-0.05, 0) is 12.1 Å². The Balaban J connectivity index is 2.53. The van der Waals surface area contributed by atoms with Crippen LogP contribution in [-0.2, 0) is 10.0 Å². The van der Waals surface area contributed by atoms with Crippen LogP contribution in [0, 0.1) is 0 Å². The quantitative estimate of drug-likeness (QED) is 0.885. The van der Waals surface area contributed by atoms with Crippen LogP contribution in [0.2, 0.25) is 0 Å². The number of fused-ring (bicyclic) bond motifs is 1. The maximum atomic E-state index is 12.2. The van der Waals surface area contributed by atoms with Crippen molar-refractivity contribution in [1.82, 2.24) is 4.98 Å². The third-order valence-electron chi connectivity index (χ3n) is 2.30. The summed E-state index contributed by atoms with van der Waals surface area (Å²) >= 11 is 0. The molecule has 0 bridgehead atoms. The number of anilines is 1. The van der Waals surface area contributed by atoms with Crippen LogP contribution in [0.4, 0.5) is 18.9 Å². The number of H-pyrrole nitrogens is 1. The first-order chi connectivity index (χ1) is 8.71. The average Bonchev–Trinajstić information content (AvgIpc) is 2.28. The van der Waals surface area contributed by atoms with Crippen molar-refractivity contribution >= 4 is 26.6 Å². The third kappa shape index (κ3) is 2.55. The van der Waals surface area contributed by atoms with Gasteiger partial charge in [-0.1, -0.05) is 18.2 Å². The highest BCUT2D eigenvalue weighted by molar-refractivity contribution is 7.93. The number of hydrogen-bond acceptors (Lipinski definition) is 3. The van der Waals surface area contributed by atoms with Crippen LogP contribution in [-0.4, -0.2) is 18.9 Å². The number of nitrogens with one attached hydrogen (secondary N) is 2. The average molecular weight is 292 g/mol. The fourth-order valence-corrected chi connectivity index (χ4v) is 1.98. The zero-order chi connectivity index (χ0) is 14.3. The molecule has 0 aliphatic carbocycles. The lowest BCUT2D eigenvalue weighted by molar-refractivity contribution is -0.0429. The first kappa shape index (κ1) is 13.4. The molecule has 0 fully saturated rings. The van der Waals surface area contributed by atoms with Crippen LogP contribution in [0.1, 0.15) is 0 Å². The van der Waals surface area contributed by atoms with Gasteiger partial charge in [-0.2, -0.15) is 21.6 Å². The lowest BCUT2D eigenvalue weighted by atomic mass is 10.2. The van der Waals surface area contributed by atoms with E-state index in [9.17, 15) is 26.4 Å². The van der Waals surface area contributed by atoms with Gasteiger partial charge in [0.1, 0.15) is 5.69 Å². The second-order valence-electron chi connectivity index (χ2n) is 3.65. The van der Waals surface area contributed by atoms with Crippen molar-refractivity contribution in [3.05, 3.63) is 40.7 Å². The molecule has 1 aromatic heterocycles. The number of sulfonamides is 1. The fourth-order valence-electron chi connectivity index (χ4n) is 1.43. The van der Waals surface area contributed by atoms with Gasteiger partial charge in [0, 0.05) is 10.9 Å². The van der Waals surface area contributed by atoms with Crippen LogP contribution < -0.4 is 10.3 Å². The van der Waals surface area contributed by atoms with Crippen LogP contribution in [0.15, 0.2) is 35.1 Å². The topological polar surface area (TPSA) is 79.0 Å². The van der Waals surface area contributed by atoms with Crippen molar-refractivity contribution in [2.24, 2.45) is 0 Å². The Labute approximate surface area is 105 Å². The highest BCUT2D eigenvalue weighted by Crippen LogP contribution is 2.24. The Morgan fingerprint density at radius 1 is 1.16 bits per heavy atom. The number of alkyl halides is 3. The second kappa shape index (κ2) is 4.26. The minimum atomic E-state index is -5.61. The molecule has 1 aromatic carbocycles. The Bertz CT molecular complexity index is 780. The molecule has 0 aliphatic rings. The van der Waals surface area contributed by atoms with E-state index in [0.717, 1.165) is 6.07 Å². The molecular formula is C10H7F3N2O3S. The number of hydrogen-bond donors (Lipinski definition) is 2. The molecule has 2 aromatic rings. The van der Waals surface area contributed by atoms with Gasteiger partial charge in [-0.15, -0.1) is 0 Å². The van der Waals surface area contributed by atoms with Crippen LogP contribution >= 0.6 is 0 Å². The molecule has 0 unspecified atom stereocenters. The zero-order valence-corrected chi connectivity index (χ0v) is 9.97. The Morgan fingerprint density at radius 2 is 1.79 bits per heavy atom. The van der Waals surface area contributed by atoms with Gasteiger partial charge in [-0.25, -0.2) is 0 Å². The van der Waals surface area contributed by atoms with Crippen molar-refractivity contribution in [1.29, 1.82) is 0 Å². The summed E-state index contributed by atoms with van der Waals surface area (Å²) in [4.78, 5) is 13.8. The highest BCUT2D eigenvalue weighted by atomic mass is 32.2. The fraction of sp³-hybridized carbons (Fsp3) is 0.100. The van der Waals surface area contributed by atoms with Gasteiger partial charge < -0.3 is 4.98 Å². The second-order valence-corrected chi connectivity index (χ2v) is 5.32. The zero-order valence-electron chi connectivity index (χ0n) is 9.15. The molecule has 0 atom stereocenters. The Kier molecular flexibility index (Phi) is 3.01. The molecule has 102 valence electrons. The standard InChI is InChI=1S/C10H7F3N2O3S/c11-10(12,13)19(17,18)15-8-5-6-3-1-2-4-7(6)14-9(8)16/h1-5,15H,(H,14,16). The lowest BCUT2D eigenvalue weighted by Gasteiger charge is -2.10. The molecule has 0 aliphatic heterocycles. The van der Waals surface area contributed by atoms with E-state index in [1.54, 1.807) is 18.2 Å². The number of pyridine rings is 1. The van der Waals surface area contributed by atoms with Gasteiger partial charge in [0.05, 0.1) is 0 Å². The lowest BCUT2D eigenvalue weighted by Crippen LogP contribution is -2.32. The number of rotatable bonds is 2. The number of aromatic amines is 1. The number of para-hydroxylation sites is 1. The monoisotopic (exact) mass is 292 g/mol.